The van der Waals surface area contributed by atoms with Crippen molar-refractivity contribution >= 4 is 28.8 Å². The Morgan fingerprint density at radius 3 is 2.42 bits per heavy atom. The highest BCUT2D eigenvalue weighted by Gasteiger charge is 2.47. The number of Topliss-reactive ketones (excluding diaryl/α,β-unsaturated/α-hetero) is 1. The molecule has 0 bridgehead atoms. The normalized spacial score (nSPS) is 18.3. The number of carbonyl (C=O) groups excluding carboxylic acids is 2. The minimum Gasteiger partial charge on any atom is -0.507 e. The molecule has 1 unspecified atom stereocenters. The van der Waals surface area contributed by atoms with Gasteiger partial charge >= 0.3 is 0 Å². The van der Waals surface area contributed by atoms with Crippen LogP contribution in [0.4, 0.5) is 0 Å². The van der Waals surface area contributed by atoms with Gasteiger partial charge in [-0.3, -0.25) is 9.59 Å². The molecule has 1 atom stereocenters. The van der Waals surface area contributed by atoms with E-state index in [1.807, 2.05) is 25.3 Å². The summed E-state index contributed by atoms with van der Waals surface area (Å²) in [7, 11) is 1.58. The summed E-state index contributed by atoms with van der Waals surface area (Å²) in [6.45, 7) is 10.8. The number of hydrogen-bond donors (Lipinski definition) is 1. The second kappa shape index (κ2) is 9.66. The fourth-order valence-electron chi connectivity index (χ4n) is 4.01. The lowest BCUT2D eigenvalue weighted by atomic mass is 9.96. The number of nitrogens with zero attached hydrogens (tertiary/aromatic N) is 2. The van der Waals surface area contributed by atoms with E-state index < -0.39 is 17.7 Å². The van der Waals surface area contributed by atoms with Gasteiger partial charge in [0, 0.05) is 23.5 Å². The van der Waals surface area contributed by atoms with E-state index in [4.69, 9.17) is 4.74 Å². The second-order valence-corrected chi connectivity index (χ2v) is 8.62. The lowest BCUT2D eigenvalue weighted by Gasteiger charge is -2.28. The molecule has 1 saturated heterocycles. The largest absolute Gasteiger partial charge is 0.507 e. The molecule has 1 aromatic carbocycles. The smallest absolute Gasteiger partial charge is 0.295 e. The van der Waals surface area contributed by atoms with E-state index in [9.17, 15) is 14.7 Å². The second-order valence-electron chi connectivity index (χ2n) is 7.67. The maximum Gasteiger partial charge on any atom is 0.295 e. The molecule has 1 aliphatic rings. The minimum atomic E-state index is -0.634. The first kappa shape index (κ1) is 23.0. The number of hydrogen-bond acceptors (Lipinski definition) is 6. The summed E-state index contributed by atoms with van der Waals surface area (Å²) in [4.78, 5) is 30.9. The number of methoxy groups -OCH3 is 1. The van der Waals surface area contributed by atoms with E-state index in [1.165, 1.54) is 11.3 Å². The quantitative estimate of drug-likeness (QED) is 0.378. The molecule has 0 spiro atoms. The van der Waals surface area contributed by atoms with E-state index in [-0.39, 0.29) is 11.3 Å². The zero-order valence-corrected chi connectivity index (χ0v) is 19.6. The van der Waals surface area contributed by atoms with E-state index in [2.05, 4.69) is 18.7 Å². The van der Waals surface area contributed by atoms with Crippen molar-refractivity contribution < 1.29 is 19.4 Å². The Morgan fingerprint density at radius 1 is 1.16 bits per heavy atom. The summed E-state index contributed by atoms with van der Waals surface area (Å²) in [5.41, 5.74) is 2.46. The van der Waals surface area contributed by atoms with Gasteiger partial charge in [0.05, 0.1) is 18.7 Å². The summed E-state index contributed by atoms with van der Waals surface area (Å²) in [6, 6.07) is 6.66. The SMILES string of the molecule is CCN(CC)CCN1C(=O)C(=O)/C(=C(/O)c2ccc(OC)cc2C)C1c1sccc1C. The van der Waals surface area contributed by atoms with Crippen LogP contribution in [0.25, 0.3) is 5.76 Å². The van der Waals surface area contributed by atoms with E-state index in [0.717, 1.165) is 29.1 Å². The van der Waals surface area contributed by atoms with Gasteiger partial charge in [0.25, 0.3) is 11.7 Å². The maximum atomic E-state index is 13.1. The highest BCUT2D eigenvalue weighted by Crippen LogP contribution is 2.42. The topological polar surface area (TPSA) is 70.1 Å². The maximum absolute atomic E-state index is 13.1. The van der Waals surface area contributed by atoms with E-state index in [0.29, 0.717) is 24.4 Å². The first-order valence-corrected chi connectivity index (χ1v) is 11.4. The number of thiophene rings is 1. The van der Waals surface area contributed by atoms with Crippen LogP contribution in [0.3, 0.4) is 0 Å². The van der Waals surface area contributed by atoms with Crippen molar-refractivity contribution in [3.63, 3.8) is 0 Å². The van der Waals surface area contributed by atoms with E-state index >= 15 is 0 Å². The predicted molar refractivity (Wildman–Crippen MR) is 124 cm³/mol. The molecule has 31 heavy (non-hydrogen) atoms. The molecule has 2 heterocycles. The molecule has 0 radical (unpaired) electrons. The first-order chi connectivity index (χ1) is 14.8. The van der Waals surface area contributed by atoms with Crippen LogP contribution in [0.2, 0.25) is 0 Å². The molecule has 1 fully saturated rings. The van der Waals surface area contributed by atoms with Gasteiger partial charge in [-0.15, -0.1) is 11.3 Å². The van der Waals surface area contributed by atoms with Crippen molar-refractivity contribution in [3.05, 3.63) is 56.8 Å². The Balaban J connectivity index is 2.11. The molecule has 0 saturated carbocycles. The fourth-order valence-corrected chi connectivity index (χ4v) is 5.06. The van der Waals surface area contributed by atoms with Gasteiger partial charge in [0.1, 0.15) is 11.5 Å². The minimum absolute atomic E-state index is 0.137. The van der Waals surface area contributed by atoms with Crippen LogP contribution in [0.15, 0.2) is 35.2 Å². The Bertz CT molecular complexity index is 1010. The molecule has 0 aliphatic carbocycles. The molecule has 2 aromatic rings. The number of ether oxygens (including phenoxy) is 1. The highest BCUT2D eigenvalue weighted by molar-refractivity contribution is 7.10. The molecule has 3 rings (SSSR count). The fraction of sp³-hybridized carbons (Fsp3) is 0.417. The monoisotopic (exact) mass is 442 g/mol. The molecule has 1 amide bonds. The van der Waals surface area contributed by atoms with Crippen molar-refractivity contribution in [2.45, 2.75) is 33.7 Å². The first-order valence-electron chi connectivity index (χ1n) is 10.5. The molecule has 6 nitrogen and oxygen atoms in total. The number of rotatable bonds is 8. The zero-order chi connectivity index (χ0) is 22.7. The van der Waals surface area contributed by atoms with Gasteiger partial charge < -0.3 is 19.6 Å². The van der Waals surface area contributed by atoms with E-state index in [1.54, 1.807) is 30.2 Å². The number of ketones is 1. The number of amides is 1. The van der Waals surface area contributed by atoms with Gasteiger partial charge in [-0.25, -0.2) is 0 Å². The average molecular weight is 443 g/mol. The lowest BCUT2D eigenvalue weighted by molar-refractivity contribution is -0.140. The lowest BCUT2D eigenvalue weighted by Crippen LogP contribution is -2.37. The standard InChI is InChI=1S/C24H30N2O4S/c1-6-25(7-2)11-12-26-20(23-15(3)10-13-31-23)19(22(28)24(26)29)21(27)18-9-8-17(30-5)14-16(18)4/h8-10,13-14,20,27H,6-7,11-12H2,1-5H3/b21-19+. The van der Waals surface area contributed by atoms with Crippen molar-refractivity contribution in [3.8, 4) is 5.75 Å². The summed E-state index contributed by atoms with van der Waals surface area (Å²) in [5, 5.41) is 13.2. The predicted octanol–water partition coefficient (Wildman–Crippen LogP) is 4.14. The number of carbonyl (C=O) groups is 2. The van der Waals surface area contributed by atoms with Crippen LogP contribution < -0.4 is 4.74 Å². The van der Waals surface area contributed by atoms with Crippen LogP contribution in [0.5, 0.6) is 5.75 Å². The van der Waals surface area contributed by atoms with Gasteiger partial charge in [0.15, 0.2) is 0 Å². The van der Waals surface area contributed by atoms with Crippen LogP contribution >= 0.6 is 11.3 Å². The van der Waals surface area contributed by atoms with Crippen molar-refractivity contribution in [1.82, 2.24) is 9.80 Å². The van der Waals surface area contributed by atoms with Crippen molar-refractivity contribution in [1.29, 1.82) is 0 Å². The summed E-state index contributed by atoms with van der Waals surface area (Å²) in [6.07, 6.45) is 0. The van der Waals surface area contributed by atoms with Gasteiger partial charge in [0.2, 0.25) is 0 Å². The van der Waals surface area contributed by atoms with Crippen LogP contribution in [0, 0.1) is 13.8 Å². The van der Waals surface area contributed by atoms with Crippen molar-refractivity contribution in [2.75, 3.05) is 33.3 Å². The number of aliphatic hydroxyl groups excluding tert-OH is 1. The Kier molecular flexibility index (Phi) is 7.18. The molecule has 1 aromatic heterocycles. The molecule has 1 aliphatic heterocycles. The van der Waals surface area contributed by atoms with Crippen LogP contribution in [-0.4, -0.2) is 59.9 Å². The van der Waals surface area contributed by atoms with Gasteiger partial charge in [-0.05, 0) is 67.7 Å². The number of benzene rings is 1. The third-order valence-electron chi connectivity index (χ3n) is 5.93. The number of likely N-dealkylation sites (N-methyl/N-ethyl adjacent to an activating group) is 1. The number of aryl methyl sites for hydroxylation is 2. The Hall–Kier alpha value is -2.64. The molecule has 166 valence electrons. The highest BCUT2D eigenvalue weighted by atomic mass is 32.1. The molecular formula is C24H30N2O4S. The summed E-state index contributed by atoms with van der Waals surface area (Å²) in [5.74, 6) is -0.663. The number of aliphatic hydroxyl groups is 1. The zero-order valence-electron chi connectivity index (χ0n) is 18.8. The van der Waals surface area contributed by atoms with Crippen LogP contribution in [0.1, 0.15) is 41.5 Å². The summed E-state index contributed by atoms with van der Waals surface area (Å²) < 4.78 is 5.25. The summed E-state index contributed by atoms with van der Waals surface area (Å²) >= 11 is 1.50. The molecule has 1 N–H and O–H groups in total. The Morgan fingerprint density at radius 2 is 1.87 bits per heavy atom. The molecule has 7 heteroatoms. The third kappa shape index (κ3) is 4.38. The van der Waals surface area contributed by atoms with Gasteiger partial charge in [-0.2, -0.15) is 0 Å². The molecular weight excluding hydrogens is 412 g/mol. The number of likely N-dealkylation sites (tertiary alicyclic amines) is 1. The average Bonchev–Trinajstić information content (AvgIpc) is 3.29. The third-order valence-corrected chi connectivity index (χ3v) is 7.00. The van der Waals surface area contributed by atoms with Gasteiger partial charge in [-0.1, -0.05) is 13.8 Å². The van der Waals surface area contributed by atoms with Crippen LogP contribution in [-0.2, 0) is 9.59 Å². The Labute approximate surface area is 187 Å². The van der Waals surface area contributed by atoms with Crippen molar-refractivity contribution in [2.24, 2.45) is 0 Å².